The summed E-state index contributed by atoms with van der Waals surface area (Å²) in [6.45, 7) is 3.36. The summed E-state index contributed by atoms with van der Waals surface area (Å²) < 4.78 is 36.3. The Labute approximate surface area is 73.0 Å². The molecule has 0 aliphatic carbocycles. The topological polar surface area (TPSA) is 0 Å². The van der Waals surface area contributed by atoms with Crippen molar-refractivity contribution in [3.63, 3.8) is 0 Å². The van der Waals surface area contributed by atoms with Crippen molar-refractivity contribution >= 4 is 11.6 Å². The largest absolute Gasteiger partial charge is 0.417 e. The molecule has 1 rings (SSSR count). The quantitative estimate of drug-likeness (QED) is 0.591. The number of hydrogen-bond acceptors (Lipinski definition) is 0. The zero-order valence-electron chi connectivity index (χ0n) is 5.95. The molecular formula is C8H5ClF3. The molecule has 0 saturated carbocycles. The maximum Gasteiger partial charge on any atom is 0.417 e. The lowest BCUT2D eigenvalue weighted by Gasteiger charge is -2.09. The second-order valence-electron chi connectivity index (χ2n) is 2.28. The molecule has 0 nitrogen and oxygen atoms in total. The van der Waals surface area contributed by atoms with Crippen molar-refractivity contribution < 1.29 is 13.2 Å². The standard InChI is InChI=1S/C8H5ClF3/c1-5-3-2-4-6(7(5)9)8(10,11)12/h2-4H,1H2. The van der Waals surface area contributed by atoms with Gasteiger partial charge in [-0.2, -0.15) is 13.2 Å². The van der Waals surface area contributed by atoms with Crippen molar-refractivity contribution in [3.8, 4) is 0 Å². The van der Waals surface area contributed by atoms with Gasteiger partial charge in [-0.3, -0.25) is 0 Å². The SMILES string of the molecule is [CH2]c1cccc(C(F)(F)F)c1Cl. The van der Waals surface area contributed by atoms with Crippen molar-refractivity contribution in [2.24, 2.45) is 0 Å². The fraction of sp³-hybridized carbons (Fsp3) is 0.125. The van der Waals surface area contributed by atoms with E-state index in [1.807, 2.05) is 0 Å². The Morgan fingerprint density at radius 1 is 1.25 bits per heavy atom. The molecule has 65 valence electrons. The molecule has 0 spiro atoms. The lowest BCUT2D eigenvalue weighted by atomic mass is 10.1. The van der Waals surface area contributed by atoms with Crippen molar-refractivity contribution in [2.75, 3.05) is 0 Å². The van der Waals surface area contributed by atoms with E-state index in [-0.39, 0.29) is 10.6 Å². The van der Waals surface area contributed by atoms with E-state index in [1.54, 1.807) is 0 Å². The molecule has 0 aliphatic rings. The first-order chi connectivity index (χ1) is 5.43. The molecular weight excluding hydrogens is 189 g/mol. The van der Waals surface area contributed by atoms with Gasteiger partial charge in [0.25, 0.3) is 0 Å². The van der Waals surface area contributed by atoms with Gasteiger partial charge in [0.05, 0.1) is 10.6 Å². The zero-order chi connectivity index (χ0) is 9.35. The fourth-order valence-electron chi connectivity index (χ4n) is 0.799. The van der Waals surface area contributed by atoms with E-state index in [0.717, 1.165) is 6.07 Å². The van der Waals surface area contributed by atoms with Gasteiger partial charge >= 0.3 is 6.18 Å². The summed E-state index contributed by atoms with van der Waals surface area (Å²) in [7, 11) is 0. The van der Waals surface area contributed by atoms with Crippen LogP contribution in [0.2, 0.25) is 5.02 Å². The minimum Gasteiger partial charge on any atom is -0.166 e. The fourth-order valence-corrected chi connectivity index (χ4v) is 1.03. The van der Waals surface area contributed by atoms with Gasteiger partial charge in [-0.05, 0) is 18.6 Å². The molecule has 1 aromatic carbocycles. The molecule has 0 saturated heterocycles. The Kier molecular flexibility index (Phi) is 2.33. The van der Waals surface area contributed by atoms with E-state index in [1.165, 1.54) is 12.1 Å². The number of rotatable bonds is 0. The third-order valence-electron chi connectivity index (χ3n) is 1.38. The predicted molar refractivity (Wildman–Crippen MR) is 40.9 cm³/mol. The number of hydrogen-bond donors (Lipinski definition) is 0. The number of halogens is 4. The monoisotopic (exact) mass is 193 g/mol. The smallest absolute Gasteiger partial charge is 0.166 e. The Balaban J connectivity index is 3.26. The van der Waals surface area contributed by atoms with Crippen molar-refractivity contribution in [3.05, 3.63) is 41.3 Å². The van der Waals surface area contributed by atoms with E-state index in [0.29, 0.717) is 0 Å². The Hall–Kier alpha value is -0.700. The molecule has 1 aromatic rings. The van der Waals surface area contributed by atoms with Crippen LogP contribution < -0.4 is 0 Å². The molecule has 0 heterocycles. The highest BCUT2D eigenvalue weighted by Crippen LogP contribution is 2.35. The summed E-state index contributed by atoms with van der Waals surface area (Å²) in [4.78, 5) is 0. The summed E-state index contributed by atoms with van der Waals surface area (Å²) in [5.74, 6) is 0. The molecule has 0 fully saturated rings. The molecule has 0 amide bonds. The minimum atomic E-state index is -4.40. The van der Waals surface area contributed by atoms with Crippen LogP contribution in [0, 0.1) is 6.92 Å². The first-order valence-corrected chi connectivity index (χ1v) is 3.48. The predicted octanol–water partition coefficient (Wildman–Crippen LogP) is 3.54. The zero-order valence-corrected chi connectivity index (χ0v) is 6.71. The average molecular weight is 194 g/mol. The summed E-state index contributed by atoms with van der Waals surface area (Å²) >= 11 is 5.40. The maximum absolute atomic E-state index is 12.1. The molecule has 0 aliphatic heterocycles. The van der Waals surface area contributed by atoms with Crippen LogP contribution in [0.3, 0.4) is 0 Å². The van der Waals surface area contributed by atoms with Gasteiger partial charge in [0.2, 0.25) is 0 Å². The van der Waals surface area contributed by atoms with Crippen molar-refractivity contribution in [1.29, 1.82) is 0 Å². The van der Waals surface area contributed by atoms with Crippen LogP contribution in [0.5, 0.6) is 0 Å². The van der Waals surface area contributed by atoms with Crippen LogP contribution in [0.25, 0.3) is 0 Å². The van der Waals surface area contributed by atoms with Gasteiger partial charge in [-0.15, -0.1) is 0 Å². The van der Waals surface area contributed by atoms with Crippen LogP contribution >= 0.6 is 11.6 Å². The average Bonchev–Trinajstić information content (AvgIpc) is 1.92. The number of alkyl halides is 3. The molecule has 12 heavy (non-hydrogen) atoms. The lowest BCUT2D eigenvalue weighted by molar-refractivity contribution is -0.137. The van der Waals surface area contributed by atoms with Crippen LogP contribution in [0.15, 0.2) is 18.2 Å². The van der Waals surface area contributed by atoms with E-state index in [9.17, 15) is 13.2 Å². The molecule has 0 bridgehead atoms. The van der Waals surface area contributed by atoms with Gasteiger partial charge in [0.15, 0.2) is 0 Å². The van der Waals surface area contributed by atoms with Crippen LogP contribution in [0.1, 0.15) is 11.1 Å². The first-order valence-electron chi connectivity index (χ1n) is 3.10. The summed E-state index contributed by atoms with van der Waals surface area (Å²) in [5, 5.41) is -0.329. The maximum atomic E-state index is 12.1. The van der Waals surface area contributed by atoms with E-state index in [2.05, 4.69) is 6.92 Å². The van der Waals surface area contributed by atoms with Crippen LogP contribution in [-0.2, 0) is 6.18 Å². The minimum absolute atomic E-state index is 0.187. The van der Waals surface area contributed by atoms with E-state index < -0.39 is 11.7 Å². The van der Waals surface area contributed by atoms with Crippen molar-refractivity contribution in [1.82, 2.24) is 0 Å². The number of benzene rings is 1. The molecule has 0 N–H and O–H groups in total. The summed E-state index contributed by atoms with van der Waals surface area (Å²) in [6.07, 6.45) is -4.40. The van der Waals surface area contributed by atoms with Gasteiger partial charge in [-0.25, -0.2) is 0 Å². The van der Waals surface area contributed by atoms with E-state index in [4.69, 9.17) is 11.6 Å². The van der Waals surface area contributed by atoms with Crippen LogP contribution in [0.4, 0.5) is 13.2 Å². The molecule has 1 radical (unpaired) electrons. The molecule has 0 unspecified atom stereocenters. The van der Waals surface area contributed by atoms with Gasteiger partial charge in [0, 0.05) is 0 Å². The highest BCUT2D eigenvalue weighted by atomic mass is 35.5. The third-order valence-corrected chi connectivity index (χ3v) is 1.83. The summed E-state index contributed by atoms with van der Waals surface area (Å²) in [6, 6.07) is 3.63. The third kappa shape index (κ3) is 1.72. The van der Waals surface area contributed by atoms with Crippen molar-refractivity contribution in [2.45, 2.75) is 6.18 Å². The summed E-state index contributed by atoms with van der Waals surface area (Å²) in [5.41, 5.74) is -0.650. The highest BCUT2D eigenvalue weighted by Gasteiger charge is 2.33. The molecule has 0 aromatic heterocycles. The Bertz CT molecular complexity index is 291. The second kappa shape index (κ2) is 2.98. The first kappa shape index (κ1) is 9.39. The highest BCUT2D eigenvalue weighted by molar-refractivity contribution is 6.32. The Morgan fingerprint density at radius 2 is 1.83 bits per heavy atom. The lowest BCUT2D eigenvalue weighted by Crippen LogP contribution is -2.06. The van der Waals surface area contributed by atoms with Crippen LogP contribution in [-0.4, -0.2) is 0 Å². The van der Waals surface area contributed by atoms with E-state index >= 15 is 0 Å². The van der Waals surface area contributed by atoms with Gasteiger partial charge in [0.1, 0.15) is 0 Å². The normalized spacial score (nSPS) is 11.8. The molecule has 0 atom stereocenters. The van der Waals surface area contributed by atoms with Gasteiger partial charge in [-0.1, -0.05) is 23.7 Å². The second-order valence-corrected chi connectivity index (χ2v) is 2.65. The van der Waals surface area contributed by atoms with Gasteiger partial charge < -0.3 is 0 Å². The Morgan fingerprint density at radius 3 is 2.25 bits per heavy atom. The molecule has 4 heteroatoms.